The number of hydrogen-bond acceptors (Lipinski definition) is 4. The molecule has 1 fully saturated rings. The quantitative estimate of drug-likeness (QED) is 0.241. The van der Waals surface area contributed by atoms with Gasteiger partial charge in [0.05, 0.1) is 17.8 Å². The van der Waals surface area contributed by atoms with Crippen LogP contribution >= 0.6 is 0 Å². The molecule has 3 rings (SSSR count). The second-order valence-electron chi connectivity index (χ2n) is 9.80. The first kappa shape index (κ1) is 27.2. The molecule has 8 heteroatoms. The zero-order valence-corrected chi connectivity index (χ0v) is 21.2. The Balaban J connectivity index is 1.62. The summed E-state index contributed by atoms with van der Waals surface area (Å²) in [4.78, 5) is 30.2. The normalized spacial score (nSPS) is 16.4. The van der Waals surface area contributed by atoms with Crippen molar-refractivity contribution < 1.29 is 9.59 Å². The molecule has 194 valence electrons. The lowest BCUT2D eigenvalue weighted by Crippen LogP contribution is -2.52. The Kier molecular flexibility index (Phi) is 10.3. The van der Waals surface area contributed by atoms with Crippen molar-refractivity contribution in [2.24, 2.45) is 28.1 Å². The predicted molar refractivity (Wildman–Crippen MR) is 144 cm³/mol. The smallest absolute Gasteiger partial charge is 0.243 e. The van der Waals surface area contributed by atoms with Gasteiger partial charge in [-0.3, -0.25) is 9.59 Å². The van der Waals surface area contributed by atoms with E-state index in [2.05, 4.69) is 15.6 Å². The molecule has 0 saturated heterocycles. The molecular weight excluding hydrogens is 452 g/mol. The summed E-state index contributed by atoms with van der Waals surface area (Å²) in [6.07, 6.45) is 8.01. The molecule has 0 bridgehead atoms. The maximum atomic E-state index is 13.2. The summed E-state index contributed by atoms with van der Waals surface area (Å²) in [6, 6.07) is 15.4. The van der Waals surface area contributed by atoms with Gasteiger partial charge in [0.25, 0.3) is 0 Å². The summed E-state index contributed by atoms with van der Waals surface area (Å²) < 4.78 is 0. The van der Waals surface area contributed by atoms with E-state index in [0.717, 1.165) is 17.5 Å². The van der Waals surface area contributed by atoms with Crippen LogP contribution in [-0.4, -0.2) is 29.9 Å². The molecule has 8 N–H and O–H groups in total. The van der Waals surface area contributed by atoms with Crippen molar-refractivity contribution in [2.75, 3.05) is 0 Å². The summed E-state index contributed by atoms with van der Waals surface area (Å²) in [5.41, 5.74) is 19.6. The Morgan fingerprint density at radius 3 is 2.25 bits per heavy atom. The minimum absolute atomic E-state index is 0.0158. The van der Waals surface area contributed by atoms with Crippen LogP contribution in [0, 0.1) is 5.92 Å². The minimum atomic E-state index is -0.782. The van der Waals surface area contributed by atoms with Gasteiger partial charge in [0.15, 0.2) is 5.96 Å². The van der Waals surface area contributed by atoms with Crippen LogP contribution < -0.4 is 27.8 Å². The van der Waals surface area contributed by atoms with Gasteiger partial charge in [0.2, 0.25) is 11.8 Å². The fourth-order valence-corrected chi connectivity index (χ4v) is 4.77. The average Bonchev–Trinajstić information content (AvgIpc) is 2.88. The Morgan fingerprint density at radius 1 is 0.944 bits per heavy atom. The van der Waals surface area contributed by atoms with Crippen molar-refractivity contribution in [2.45, 2.75) is 76.4 Å². The molecule has 0 heterocycles. The van der Waals surface area contributed by atoms with Gasteiger partial charge in [-0.25, -0.2) is 4.99 Å². The largest absolute Gasteiger partial charge is 0.370 e. The van der Waals surface area contributed by atoms with Crippen LogP contribution in [0.1, 0.15) is 69.0 Å². The first-order valence-electron chi connectivity index (χ1n) is 12.9. The van der Waals surface area contributed by atoms with E-state index in [4.69, 9.17) is 17.2 Å². The van der Waals surface area contributed by atoms with Crippen molar-refractivity contribution in [3.8, 4) is 0 Å². The summed E-state index contributed by atoms with van der Waals surface area (Å²) in [7, 11) is 0. The van der Waals surface area contributed by atoms with E-state index in [1.807, 2.05) is 49.4 Å². The molecule has 36 heavy (non-hydrogen) atoms. The SMILES string of the molecule is CC(NC(=O)[C@H](CCC1CCCCC1)NC(=O)[C@@H](N)Cc1ccc(N=C(N)N)cc1)c1ccccc1. The Bertz CT molecular complexity index is 998. The number of aliphatic imine (C=N–C) groups is 1. The number of rotatable bonds is 11. The molecule has 2 aromatic carbocycles. The third-order valence-corrected chi connectivity index (χ3v) is 6.87. The molecule has 0 spiro atoms. The van der Waals surface area contributed by atoms with E-state index in [1.54, 1.807) is 12.1 Å². The monoisotopic (exact) mass is 492 g/mol. The molecule has 2 aromatic rings. The Labute approximate surface area is 214 Å². The predicted octanol–water partition coefficient (Wildman–Crippen LogP) is 3.18. The van der Waals surface area contributed by atoms with E-state index in [1.165, 1.54) is 32.1 Å². The number of nitrogens with zero attached hydrogens (tertiary/aromatic N) is 1. The number of carbonyl (C=O) groups excluding carboxylic acids is 2. The molecule has 1 saturated carbocycles. The molecule has 0 radical (unpaired) electrons. The lowest BCUT2D eigenvalue weighted by molar-refractivity contribution is -0.130. The van der Waals surface area contributed by atoms with E-state index >= 15 is 0 Å². The van der Waals surface area contributed by atoms with Crippen molar-refractivity contribution >= 4 is 23.5 Å². The van der Waals surface area contributed by atoms with E-state index in [9.17, 15) is 9.59 Å². The van der Waals surface area contributed by atoms with Gasteiger partial charge in [-0.1, -0.05) is 74.6 Å². The number of hydrogen-bond donors (Lipinski definition) is 5. The van der Waals surface area contributed by atoms with Crippen molar-refractivity contribution in [1.29, 1.82) is 0 Å². The van der Waals surface area contributed by atoms with Crippen LogP contribution in [-0.2, 0) is 16.0 Å². The van der Waals surface area contributed by atoms with E-state index in [-0.39, 0.29) is 23.8 Å². The van der Waals surface area contributed by atoms with Crippen LogP contribution in [0.15, 0.2) is 59.6 Å². The van der Waals surface area contributed by atoms with Crippen molar-refractivity contribution in [3.63, 3.8) is 0 Å². The van der Waals surface area contributed by atoms with Gasteiger partial charge < -0.3 is 27.8 Å². The molecule has 1 aliphatic carbocycles. The highest BCUT2D eigenvalue weighted by Gasteiger charge is 2.26. The molecule has 0 aromatic heterocycles. The standard InChI is InChI=1S/C28H40N6O2/c1-19(22-10-6-3-7-11-22)32-27(36)25(17-14-20-8-4-2-5-9-20)34-26(35)24(29)18-21-12-15-23(16-13-21)33-28(30)31/h3,6-7,10-13,15-16,19-20,24-25H,2,4-5,8-9,14,17-18,29H2,1H3,(H,32,36)(H,34,35)(H4,30,31,33)/t19?,24-,25-/m0/s1. The first-order valence-corrected chi connectivity index (χ1v) is 12.9. The second kappa shape index (κ2) is 13.6. The number of nitrogens with one attached hydrogen (secondary N) is 2. The minimum Gasteiger partial charge on any atom is -0.370 e. The van der Waals surface area contributed by atoms with Gasteiger partial charge in [-0.2, -0.15) is 0 Å². The molecule has 2 amide bonds. The number of amides is 2. The maximum absolute atomic E-state index is 13.2. The Hall–Kier alpha value is -3.39. The maximum Gasteiger partial charge on any atom is 0.243 e. The topological polar surface area (TPSA) is 149 Å². The molecule has 1 unspecified atom stereocenters. The van der Waals surface area contributed by atoms with Gasteiger partial charge in [0.1, 0.15) is 6.04 Å². The molecule has 8 nitrogen and oxygen atoms in total. The third-order valence-electron chi connectivity index (χ3n) is 6.87. The van der Waals surface area contributed by atoms with Crippen LogP contribution in [0.3, 0.4) is 0 Å². The van der Waals surface area contributed by atoms with Crippen LogP contribution in [0.5, 0.6) is 0 Å². The van der Waals surface area contributed by atoms with Crippen LogP contribution in [0.25, 0.3) is 0 Å². The second-order valence-corrected chi connectivity index (χ2v) is 9.80. The fraction of sp³-hybridized carbons (Fsp3) is 0.464. The zero-order valence-electron chi connectivity index (χ0n) is 21.2. The average molecular weight is 493 g/mol. The highest BCUT2D eigenvalue weighted by Crippen LogP contribution is 2.28. The highest BCUT2D eigenvalue weighted by atomic mass is 16.2. The summed E-state index contributed by atoms with van der Waals surface area (Å²) in [5.74, 6) is 0.0802. The molecule has 1 aliphatic rings. The number of carbonyl (C=O) groups is 2. The lowest BCUT2D eigenvalue weighted by atomic mass is 9.85. The van der Waals surface area contributed by atoms with Gasteiger partial charge >= 0.3 is 0 Å². The van der Waals surface area contributed by atoms with Gasteiger partial charge in [-0.05, 0) is 55.4 Å². The van der Waals surface area contributed by atoms with Crippen LogP contribution in [0.2, 0.25) is 0 Å². The molecule has 0 aliphatic heterocycles. The molecular formula is C28H40N6O2. The van der Waals surface area contributed by atoms with Crippen molar-refractivity contribution in [3.05, 3.63) is 65.7 Å². The summed E-state index contributed by atoms with van der Waals surface area (Å²) in [5, 5.41) is 6.01. The summed E-state index contributed by atoms with van der Waals surface area (Å²) in [6.45, 7) is 1.95. The lowest BCUT2D eigenvalue weighted by Gasteiger charge is -2.26. The van der Waals surface area contributed by atoms with E-state index < -0.39 is 12.1 Å². The highest BCUT2D eigenvalue weighted by molar-refractivity contribution is 5.90. The van der Waals surface area contributed by atoms with Gasteiger partial charge in [-0.15, -0.1) is 0 Å². The van der Waals surface area contributed by atoms with Crippen LogP contribution in [0.4, 0.5) is 5.69 Å². The number of benzene rings is 2. The molecule has 3 atom stereocenters. The number of nitrogens with two attached hydrogens (primary N) is 3. The Morgan fingerprint density at radius 2 is 1.61 bits per heavy atom. The first-order chi connectivity index (χ1) is 17.3. The third kappa shape index (κ3) is 8.68. The zero-order chi connectivity index (χ0) is 25.9. The van der Waals surface area contributed by atoms with E-state index in [0.29, 0.717) is 24.4 Å². The van der Waals surface area contributed by atoms with Gasteiger partial charge in [0, 0.05) is 0 Å². The van der Waals surface area contributed by atoms with Crippen molar-refractivity contribution in [1.82, 2.24) is 10.6 Å². The fourth-order valence-electron chi connectivity index (χ4n) is 4.77. The number of guanidine groups is 1. The summed E-state index contributed by atoms with van der Waals surface area (Å²) >= 11 is 0.